The van der Waals surface area contributed by atoms with Crippen LogP contribution in [0.2, 0.25) is 0 Å². The first-order chi connectivity index (χ1) is 7.24. The van der Waals surface area contributed by atoms with Gasteiger partial charge in [0.25, 0.3) is 0 Å². The van der Waals surface area contributed by atoms with Crippen LogP contribution in [0.4, 0.5) is 0 Å². The first-order valence-corrected chi connectivity index (χ1v) is 5.70. The molecule has 0 heterocycles. The second-order valence-electron chi connectivity index (χ2n) is 4.19. The van der Waals surface area contributed by atoms with Crippen LogP contribution in [0.25, 0.3) is 0 Å². The Bertz CT molecular complexity index is 193. The molecule has 0 aromatic heterocycles. The van der Waals surface area contributed by atoms with Crippen molar-refractivity contribution in [3.05, 3.63) is 0 Å². The first kappa shape index (κ1) is 12.5. The minimum Gasteiger partial charge on any atom is -0.381 e. The summed E-state index contributed by atoms with van der Waals surface area (Å²) in [6, 6.07) is 0. The molecular weight excluding hydrogens is 192 g/mol. The Balaban J connectivity index is 1.95. The van der Waals surface area contributed by atoms with E-state index < -0.39 is 0 Å². The Morgan fingerprint density at radius 3 is 2.87 bits per heavy atom. The van der Waals surface area contributed by atoms with Crippen LogP contribution < -0.4 is 5.32 Å². The number of carbonyl (C=O) groups is 1. The lowest BCUT2D eigenvalue weighted by atomic mass is 10.4. The fraction of sp³-hybridized carbons (Fsp3) is 0.909. The smallest absolute Gasteiger partial charge is 0.224 e. The van der Waals surface area contributed by atoms with Gasteiger partial charge in [0.2, 0.25) is 5.91 Å². The molecule has 0 bridgehead atoms. The number of hydrogen-bond donors (Lipinski definition) is 1. The quantitative estimate of drug-likeness (QED) is 0.598. The Hall–Kier alpha value is -0.610. The molecular formula is C11H22N2O2. The highest BCUT2D eigenvalue weighted by Gasteiger charge is 2.21. The number of rotatable bonds is 8. The molecule has 1 saturated carbocycles. The molecule has 1 fully saturated rings. The van der Waals surface area contributed by atoms with Crippen molar-refractivity contribution in [1.82, 2.24) is 10.2 Å². The number of carbonyl (C=O) groups excluding carboxylic acids is 1. The topological polar surface area (TPSA) is 41.6 Å². The number of amides is 1. The second-order valence-corrected chi connectivity index (χ2v) is 4.19. The van der Waals surface area contributed by atoms with Crippen molar-refractivity contribution < 1.29 is 9.53 Å². The van der Waals surface area contributed by atoms with Gasteiger partial charge < -0.3 is 15.0 Å². The molecule has 15 heavy (non-hydrogen) atoms. The lowest BCUT2D eigenvalue weighted by molar-refractivity contribution is -0.131. The largest absolute Gasteiger partial charge is 0.381 e. The van der Waals surface area contributed by atoms with E-state index in [0.29, 0.717) is 13.0 Å². The number of hydrogen-bond acceptors (Lipinski definition) is 3. The van der Waals surface area contributed by atoms with Gasteiger partial charge in [-0.1, -0.05) is 0 Å². The summed E-state index contributed by atoms with van der Waals surface area (Å²) in [5, 5.41) is 3.02. The maximum Gasteiger partial charge on any atom is 0.224 e. The van der Waals surface area contributed by atoms with Crippen molar-refractivity contribution in [2.24, 2.45) is 5.92 Å². The molecule has 0 aromatic rings. The second kappa shape index (κ2) is 6.80. The van der Waals surface area contributed by atoms with Crippen molar-refractivity contribution in [1.29, 1.82) is 0 Å². The average Bonchev–Trinajstić information content (AvgIpc) is 3.04. The summed E-state index contributed by atoms with van der Waals surface area (Å²) in [5.41, 5.74) is 0. The third-order valence-corrected chi connectivity index (χ3v) is 2.63. The highest BCUT2D eigenvalue weighted by molar-refractivity contribution is 5.75. The van der Waals surface area contributed by atoms with E-state index in [1.165, 1.54) is 12.8 Å². The van der Waals surface area contributed by atoms with Gasteiger partial charge in [-0.15, -0.1) is 0 Å². The summed E-state index contributed by atoms with van der Waals surface area (Å²) >= 11 is 0. The maximum atomic E-state index is 11.5. The summed E-state index contributed by atoms with van der Waals surface area (Å²) in [7, 11) is 3.72. The fourth-order valence-corrected chi connectivity index (χ4v) is 1.29. The molecule has 4 heteroatoms. The van der Waals surface area contributed by atoms with Crippen molar-refractivity contribution in [2.75, 3.05) is 40.4 Å². The zero-order valence-corrected chi connectivity index (χ0v) is 9.79. The summed E-state index contributed by atoms with van der Waals surface area (Å²) < 4.78 is 5.42. The maximum absolute atomic E-state index is 11.5. The lowest BCUT2D eigenvalue weighted by Gasteiger charge is -2.16. The van der Waals surface area contributed by atoms with E-state index in [0.717, 1.165) is 25.6 Å². The van der Waals surface area contributed by atoms with Gasteiger partial charge in [0.05, 0.1) is 13.0 Å². The van der Waals surface area contributed by atoms with Crippen molar-refractivity contribution >= 4 is 5.91 Å². The Morgan fingerprint density at radius 2 is 2.27 bits per heavy atom. The predicted molar refractivity (Wildman–Crippen MR) is 59.7 cm³/mol. The molecule has 1 aliphatic carbocycles. The molecule has 0 saturated heterocycles. The van der Waals surface area contributed by atoms with E-state index in [4.69, 9.17) is 4.74 Å². The van der Waals surface area contributed by atoms with Gasteiger partial charge in [-0.25, -0.2) is 0 Å². The normalized spacial score (nSPS) is 15.3. The standard InChI is InChI=1S/C11H22N2O2/c1-12-6-7-13(2)11(14)5-8-15-9-10-3-4-10/h10,12H,3-9H2,1-2H3. The SMILES string of the molecule is CNCCN(C)C(=O)CCOCC1CC1. The zero-order chi connectivity index (χ0) is 11.1. The predicted octanol–water partition coefficient (Wildman–Crippen LogP) is 0.481. The van der Waals surface area contributed by atoms with Crippen molar-refractivity contribution in [2.45, 2.75) is 19.3 Å². The molecule has 0 unspecified atom stereocenters. The highest BCUT2D eigenvalue weighted by atomic mass is 16.5. The minimum absolute atomic E-state index is 0.168. The van der Waals surface area contributed by atoms with Gasteiger partial charge in [0.15, 0.2) is 0 Å². The summed E-state index contributed by atoms with van der Waals surface area (Å²) in [6.45, 7) is 3.01. The first-order valence-electron chi connectivity index (χ1n) is 5.70. The third-order valence-electron chi connectivity index (χ3n) is 2.63. The molecule has 1 N–H and O–H groups in total. The van der Waals surface area contributed by atoms with Crippen molar-refractivity contribution in [3.8, 4) is 0 Å². The van der Waals surface area contributed by atoms with Gasteiger partial charge in [-0.2, -0.15) is 0 Å². The van der Waals surface area contributed by atoms with Gasteiger partial charge in [0, 0.05) is 26.7 Å². The molecule has 1 amide bonds. The van der Waals surface area contributed by atoms with Crippen LogP contribution in [0, 0.1) is 5.92 Å². The van der Waals surface area contributed by atoms with Crippen LogP contribution >= 0.6 is 0 Å². The zero-order valence-electron chi connectivity index (χ0n) is 9.79. The van der Waals surface area contributed by atoms with Gasteiger partial charge in [-0.05, 0) is 25.8 Å². The molecule has 0 aliphatic heterocycles. The molecule has 4 nitrogen and oxygen atoms in total. The summed E-state index contributed by atoms with van der Waals surface area (Å²) in [4.78, 5) is 13.3. The number of nitrogens with one attached hydrogen (secondary N) is 1. The average molecular weight is 214 g/mol. The molecule has 0 aromatic carbocycles. The van der Waals surface area contributed by atoms with Crippen LogP contribution in [-0.4, -0.2) is 51.2 Å². The van der Waals surface area contributed by atoms with Crippen LogP contribution in [-0.2, 0) is 9.53 Å². The summed E-state index contributed by atoms with van der Waals surface area (Å²) in [6.07, 6.45) is 3.11. The Morgan fingerprint density at radius 1 is 1.53 bits per heavy atom. The fourth-order valence-electron chi connectivity index (χ4n) is 1.29. The van der Waals surface area contributed by atoms with E-state index in [1.54, 1.807) is 4.90 Å². The highest BCUT2D eigenvalue weighted by Crippen LogP contribution is 2.28. The van der Waals surface area contributed by atoms with Gasteiger partial charge >= 0.3 is 0 Å². The lowest BCUT2D eigenvalue weighted by Crippen LogP contribution is -2.33. The molecule has 0 spiro atoms. The molecule has 0 radical (unpaired) electrons. The van der Waals surface area contributed by atoms with E-state index in [9.17, 15) is 4.79 Å². The Labute approximate surface area is 92.0 Å². The molecule has 0 atom stereocenters. The van der Waals surface area contributed by atoms with Crippen molar-refractivity contribution in [3.63, 3.8) is 0 Å². The van der Waals surface area contributed by atoms with E-state index >= 15 is 0 Å². The van der Waals surface area contributed by atoms with E-state index in [2.05, 4.69) is 5.32 Å². The van der Waals surface area contributed by atoms with Crippen LogP contribution in [0.15, 0.2) is 0 Å². The number of likely N-dealkylation sites (N-methyl/N-ethyl adjacent to an activating group) is 2. The minimum atomic E-state index is 0.168. The molecule has 88 valence electrons. The van der Waals surface area contributed by atoms with E-state index in [1.807, 2.05) is 14.1 Å². The Kier molecular flexibility index (Phi) is 5.65. The molecule has 1 rings (SSSR count). The molecule has 1 aliphatic rings. The number of nitrogens with zero attached hydrogens (tertiary/aromatic N) is 1. The summed E-state index contributed by atoms with van der Waals surface area (Å²) in [5.74, 6) is 0.947. The van der Waals surface area contributed by atoms with Gasteiger partial charge in [0.1, 0.15) is 0 Å². The van der Waals surface area contributed by atoms with Crippen LogP contribution in [0.3, 0.4) is 0 Å². The monoisotopic (exact) mass is 214 g/mol. The third kappa shape index (κ3) is 5.74. The van der Waals surface area contributed by atoms with E-state index in [-0.39, 0.29) is 5.91 Å². The van der Waals surface area contributed by atoms with Crippen LogP contribution in [0.1, 0.15) is 19.3 Å². The number of ether oxygens (including phenoxy) is 1. The van der Waals surface area contributed by atoms with Gasteiger partial charge in [-0.3, -0.25) is 4.79 Å². The van der Waals surface area contributed by atoms with Crippen LogP contribution in [0.5, 0.6) is 0 Å².